The molecule has 36 heavy (non-hydrogen) atoms. The second-order valence-corrected chi connectivity index (χ2v) is 6.59. The van der Waals surface area contributed by atoms with Gasteiger partial charge in [-0.3, -0.25) is 0 Å². The van der Waals surface area contributed by atoms with E-state index < -0.39 is 71.8 Å². The third-order valence-electron chi connectivity index (χ3n) is 4.35. The van der Waals surface area contributed by atoms with Gasteiger partial charge in [0.1, 0.15) is 0 Å². The second-order valence-electron chi connectivity index (χ2n) is 6.59. The SMILES string of the molecule is [CH2]C(C(F)(F)C(F)(F)C(F)(F)C(F)(F)C(F)(F)C(F)(F)C(F)(F)C(F)(F)F)C(F)([C](F)F)C(F)(F)F. The predicted octanol–water partition coefficient (Wildman–Crippen LogP) is 8.15. The lowest BCUT2D eigenvalue weighted by molar-refractivity contribution is -0.465. The Morgan fingerprint density at radius 1 is 0.389 bits per heavy atom. The Labute approximate surface area is 181 Å². The van der Waals surface area contributed by atoms with E-state index in [1.807, 2.05) is 0 Å². The molecule has 0 aliphatic rings. The zero-order valence-corrected chi connectivity index (χ0v) is 15.5. The first-order valence-corrected chi connectivity index (χ1v) is 7.58. The van der Waals surface area contributed by atoms with Crippen molar-refractivity contribution < 1.29 is 101 Å². The molecule has 2 atom stereocenters. The second kappa shape index (κ2) is 8.45. The molecule has 0 spiro atoms. The normalized spacial score (nSPS) is 18.9. The molecule has 0 saturated heterocycles. The molecule has 0 aromatic rings. The van der Waals surface area contributed by atoms with Crippen molar-refractivity contribution >= 4 is 0 Å². The van der Waals surface area contributed by atoms with Gasteiger partial charge in [0.2, 0.25) is 0 Å². The number of rotatable bonds is 9. The van der Waals surface area contributed by atoms with Gasteiger partial charge in [-0.2, -0.15) is 96.6 Å². The van der Waals surface area contributed by atoms with E-state index in [4.69, 9.17) is 0 Å². The Bertz CT molecular complexity index is 783. The summed E-state index contributed by atoms with van der Waals surface area (Å²) in [6.07, 6.45) is -20.6. The maximum Gasteiger partial charge on any atom is 0.460 e. The summed E-state index contributed by atoms with van der Waals surface area (Å²) in [6, 6.07) is 0. The van der Waals surface area contributed by atoms with Gasteiger partial charge in [-0.25, -0.2) is 4.39 Å². The van der Waals surface area contributed by atoms with E-state index >= 15 is 0 Å². The van der Waals surface area contributed by atoms with Crippen LogP contribution in [-0.2, 0) is 0 Å². The van der Waals surface area contributed by atoms with Crippen molar-refractivity contribution in [3.8, 4) is 0 Å². The molecule has 0 aromatic heterocycles. The van der Waals surface area contributed by atoms with Gasteiger partial charge < -0.3 is 0 Å². The molecule has 2 unspecified atom stereocenters. The third-order valence-corrected chi connectivity index (χ3v) is 4.35. The first kappa shape index (κ1) is 34.4. The summed E-state index contributed by atoms with van der Waals surface area (Å²) < 4.78 is 297. The lowest BCUT2D eigenvalue weighted by Gasteiger charge is -2.45. The molecule has 0 bridgehead atoms. The molecule has 0 rings (SSSR count). The smallest absolute Gasteiger partial charge is 0.226 e. The standard InChI is InChI=1S/C13H3F23/c1-2(4(16,3(14)15)12(31,32)33)5(17,18)6(19,20)7(21,22)8(23,24)9(25,26)10(27,28)11(29,30)13(34,35)36/h2H,1H2. The monoisotopic (exact) mass is 596 g/mol. The summed E-state index contributed by atoms with van der Waals surface area (Å²) in [6.45, 7) is 1.01. The van der Waals surface area contributed by atoms with E-state index in [1.54, 1.807) is 0 Å². The van der Waals surface area contributed by atoms with Crippen molar-refractivity contribution in [3.05, 3.63) is 13.3 Å². The van der Waals surface area contributed by atoms with Gasteiger partial charge in [0.15, 0.2) is 0 Å². The van der Waals surface area contributed by atoms with E-state index in [9.17, 15) is 101 Å². The molecular formula is C13H3F23. The van der Waals surface area contributed by atoms with Gasteiger partial charge in [0.05, 0.1) is 5.92 Å². The van der Waals surface area contributed by atoms with Crippen LogP contribution < -0.4 is 0 Å². The molecule has 0 aromatic carbocycles. The van der Waals surface area contributed by atoms with Crippen LogP contribution in [0.4, 0.5) is 101 Å². The summed E-state index contributed by atoms with van der Waals surface area (Å²) in [5.74, 6) is -67.6. The van der Waals surface area contributed by atoms with Crippen molar-refractivity contribution in [3.63, 3.8) is 0 Å². The minimum atomic E-state index is -9.18. The Kier molecular flexibility index (Phi) is 8.07. The molecule has 23 heteroatoms. The summed E-state index contributed by atoms with van der Waals surface area (Å²) in [4.78, 5) is 0. The Balaban J connectivity index is 7.12. The molecule has 0 heterocycles. The highest BCUT2D eigenvalue weighted by Crippen LogP contribution is 2.66. The summed E-state index contributed by atoms with van der Waals surface area (Å²) in [5, 5.41) is 0. The van der Waals surface area contributed by atoms with Gasteiger partial charge >= 0.3 is 60.2 Å². The van der Waals surface area contributed by atoms with Crippen molar-refractivity contribution in [2.24, 2.45) is 5.92 Å². The van der Waals surface area contributed by atoms with E-state index in [1.165, 1.54) is 0 Å². The van der Waals surface area contributed by atoms with Crippen LogP contribution in [0.25, 0.3) is 0 Å². The van der Waals surface area contributed by atoms with Gasteiger partial charge in [0, 0.05) is 0 Å². The van der Waals surface area contributed by atoms with Crippen LogP contribution in [-0.4, -0.2) is 59.5 Å². The lowest BCUT2D eigenvalue weighted by atomic mass is 9.78. The van der Waals surface area contributed by atoms with E-state index in [0.29, 0.717) is 0 Å². The average molecular weight is 596 g/mol. The molecule has 216 valence electrons. The van der Waals surface area contributed by atoms with Crippen LogP contribution >= 0.6 is 0 Å². The van der Waals surface area contributed by atoms with Crippen LogP contribution in [0.15, 0.2) is 0 Å². The highest BCUT2D eigenvalue weighted by Gasteiger charge is 2.96. The first-order chi connectivity index (χ1) is 15.1. The van der Waals surface area contributed by atoms with Gasteiger partial charge in [-0.1, -0.05) is 0 Å². The quantitative estimate of drug-likeness (QED) is 0.236. The van der Waals surface area contributed by atoms with E-state index in [2.05, 4.69) is 0 Å². The molecule has 0 saturated carbocycles. The number of hydrogen-bond acceptors (Lipinski definition) is 0. The van der Waals surface area contributed by atoms with E-state index in [-0.39, 0.29) is 0 Å². The molecular weight excluding hydrogens is 593 g/mol. The summed E-state index contributed by atoms with van der Waals surface area (Å²) in [7, 11) is 0. The molecule has 0 fully saturated rings. The van der Waals surface area contributed by atoms with Crippen LogP contribution in [0, 0.1) is 19.3 Å². The molecule has 0 aliphatic carbocycles. The van der Waals surface area contributed by atoms with Crippen molar-refractivity contribution in [2.75, 3.05) is 0 Å². The molecule has 0 N–H and O–H groups in total. The highest BCUT2D eigenvalue weighted by molar-refractivity contribution is 5.19. The molecule has 0 amide bonds. The minimum absolute atomic E-state index is 1.01. The third kappa shape index (κ3) is 4.08. The van der Waals surface area contributed by atoms with Crippen LogP contribution in [0.2, 0.25) is 0 Å². The molecule has 0 aliphatic heterocycles. The molecule has 2 radical (unpaired) electrons. The van der Waals surface area contributed by atoms with Gasteiger partial charge in [0.25, 0.3) is 5.67 Å². The fraction of sp³-hybridized carbons (Fsp3) is 0.846. The zero-order chi connectivity index (χ0) is 30.2. The number of alkyl halides is 21. The first-order valence-electron chi connectivity index (χ1n) is 7.58. The summed E-state index contributed by atoms with van der Waals surface area (Å²) in [5.41, 5.74) is -7.22. The van der Waals surface area contributed by atoms with Crippen molar-refractivity contribution in [1.82, 2.24) is 0 Å². The van der Waals surface area contributed by atoms with Gasteiger partial charge in [-0.05, 0) is 6.92 Å². The van der Waals surface area contributed by atoms with Crippen LogP contribution in [0.1, 0.15) is 0 Å². The Morgan fingerprint density at radius 2 is 0.639 bits per heavy atom. The number of halogens is 23. The lowest BCUT2D eigenvalue weighted by Crippen LogP contribution is -2.75. The van der Waals surface area contributed by atoms with Crippen molar-refractivity contribution in [2.45, 2.75) is 59.5 Å². The van der Waals surface area contributed by atoms with Crippen LogP contribution in [0.5, 0.6) is 0 Å². The van der Waals surface area contributed by atoms with Crippen LogP contribution in [0.3, 0.4) is 0 Å². The summed E-state index contributed by atoms with van der Waals surface area (Å²) >= 11 is 0. The maximum absolute atomic E-state index is 13.6. The van der Waals surface area contributed by atoms with Crippen molar-refractivity contribution in [1.29, 1.82) is 0 Å². The average Bonchev–Trinajstić information content (AvgIpc) is 2.63. The van der Waals surface area contributed by atoms with Gasteiger partial charge in [-0.15, -0.1) is 0 Å². The largest absolute Gasteiger partial charge is 0.460 e. The minimum Gasteiger partial charge on any atom is -0.226 e. The zero-order valence-electron chi connectivity index (χ0n) is 15.5. The number of hydrogen-bond donors (Lipinski definition) is 0. The fourth-order valence-corrected chi connectivity index (χ4v) is 2.08. The molecule has 0 nitrogen and oxygen atoms in total. The van der Waals surface area contributed by atoms with E-state index in [0.717, 1.165) is 6.92 Å². The topological polar surface area (TPSA) is 0 Å². The Hall–Kier alpha value is -1.61. The highest BCUT2D eigenvalue weighted by atomic mass is 19.4. The fourth-order valence-electron chi connectivity index (χ4n) is 2.08. The Morgan fingerprint density at radius 3 is 0.861 bits per heavy atom. The predicted molar refractivity (Wildman–Crippen MR) is 64.9 cm³/mol. The maximum atomic E-state index is 13.6.